The van der Waals surface area contributed by atoms with Crippen molar-refractivity contribution >= 4 is 29.2 Å². The van der Waals surface area contributed by atoms with Crippen LogP contribution >= 0.6 is 11.3 Å². The quantitative estimate of drug-likeness (QED) is 0.615. The first-order chi connectivity index (χ1) is 12.0. The number of amides is 4. The van der Waals surface area contributed by atoms with Crippen molar-refractivity contribution in [2.45, 2.75) is 13.3 Å². The first-order valence-corrected chi connectivity index (χ1v) is 8.14. The Morgan fingerprint density at radius 1 is 1.00 bits per heavy atom. The summed E-state index contributed by atoms with van der Waals surface area (Å²) in [5.74, 6) is -0.283. The molecule has 0 bridgehead atoms. The van der Waals surface area contributed by atoms with E-state index in [-0.39, 0.29) is 6.42 Å². The number of methoxy groups -OCH3 is 1. The van der Waals surface area contributed by atoms with Gasteiger partial charge in [-0.15, -0.1) is 11.3 Å². The molecule has 25 heavy (non-hydrogen) atoms. The van der Waals surface area contributed by atoms with Gasteiger partial charge in [0.1, 0.15) is 5.75 Å². The lowest BCUT2D eigenvalue weighted by molar-refractivity contribution is -0.121. The summed E-state index contributed by atoms with van der Waals surface area (Å²) in [5, 5.41) is 0. The molecule has 9 heteroatoms. The maximum absolute atomic E-state index is 11.9. The predicted octanol–water partition coefficient (Wildman–Crippen LogP) is 1.28. The molecule has 4 amide bonds. The Labute approximate surface area is 148 Å². The van der Waals surface area contributed by atoms with E-state index in [4.69, 9.17) is 4.74 Å². The van der Waals surface area contributed by atoms with Gasteiger partial charge in [0.25, 0.3) is 5.91 Å². The fourth-order valence-electron chi connectivity index (χ4n) is 1.96. The van der Waals surface area contributed by atoms with E-state index in [2.05, 4.69) is 21.7 Å². The van der Waals surface area contributed by atoms with Crippen molar-refractivity contribution in [3.8, 4) is 5.75 Å². The van der Waals surface area contributed by atoms with E-state index in [1.807, 2.05) is 6.92 Å². The molecule has 0 saturated carbocycles. The fourth-order valence-corrected chi connectivity index (χ4v) is 2.72. The lowest BCUT2D eigenvalue weighted by atomic mass is 10.1. The summed E-state index contributed by atoms with van der Waals surface area (Å²) in [6.07, 6.45) is 0.0329. The van der Waals surface area contributed by atoms with Crippen LogP contribution in [0.5, 0.6) is 5.75 Å². The maximum atomic E-state index is 11.9. The van der Waals surface area contributed by atoms with E-state index in [9.17, 15) is 14.4 Å². The van der Waals surface area contributed by atoms with Crippen LogP contribution in [-0.2, 0) is 11.2 Å². The minimum absolute atomic E-state index is 0.0329. The molecule has 2 aromatic rings. The van der Waals surface area contributed by atoms with Crippen molar-refractivity contribution in [3.05, 3.63) is 51.7 Å². The second kappa shape index (κ2) is 8.69. The minimum Gasteiger partial charge on any atom is -0.496 e. The number of hydrogen-bond acceptors (Lipinski definition) is 5. The molecule has 0 aliphatic rings. The van der Waals surface area contributed by atoms with Crippen LogP contribution in [-0.4, -0.2) is 25.0 Å². The van der Waals surface area contributed by atoms with Crippen LogP contribution < -0.4 is 26.4 Å². The zero-order valence-corrected chi connectivity index (χ0v) is 14.5. The molecule has 0 fully saturated rings. The highest BCUT2D eigenvalue weighted by Gasteiger charge is 2.11. The van der Waals surface area contributed by atoms with E-state index in [0.717, 1.165) is 4.88 Å². The molecule has 0 aliphatic carbocycles. The molecule has 132 valence electrons. The van der Waals surface area contributed by atoms with Crippen LogP contribution in [0.2, 0.25) is 0 Å². The number of ether oxygens (including phenoxy) is 1. The van der Waals surface area contributed by atoms with Crippen molar-refractivity contribution in [1.82, 2.24) is 21.7 Å². The monoisotopic (exact) mass is 362 g/mol. The third-order valence-electron chi connectivity index (χ3n) is 3.11. The molecule has 0 aliphatic heterocycles. The predicted molar refractivity (Wildman–Crippen MR) is 93.0 cm³/mol. The molecule has 4 N–H and O–H groups in total. The van der Waals surface area contributed by atoms with Crippen molar-refractivity contribution in [2.24, 2.45) is 0 Å². The maximum Gasteiger partial charge on any atom is 0.352 e. The largest absolute Gasteiger partial charge is 0.496 e. The van der Waals surface area contributed by atoms with E-state index in [1.54, 1.807) is 36.4 Å². The number of para-hydroxylation sites is 1. The normalized spacial score (nSPS) is 9.84. The van der Waals surface area contributed by atoms with E-state index >= 15 is 0 Å². The summed E-state index contributed by atoms with van der Waals surface area (Å²) < 4.78 is 5.15. The van der Waals surface area contributed by atoms with Crippen LogP contribution in [0.3, 0.4) is 0 Å². The number of nitrogens with one attached hydrogen (secondary N) is 4. The number of urea groups is 1. The lowest BCUT2D eigenvalue weighted by Crippen LogP contribution is -2.52. The van der Waals surface area contributed by atoms with Gasteiger partial charge in [-0.2, -0.15) is 0 Å². The van der Waals surface area contributed by atoms with Gasteiger partial charge in [-0.05, 0) is 25.1 Å². The van der Waals surface area contributed by atoms with Gasteiger partial charge in [-0.25, -0.2) is 15.6 Å². The topological polar surface area (TPSA) is 109 Å². The van der Waals surface area contributed by atoms with Gasteiger partial charge in [0.15, 0.2) is 0 Å². The molecule has 2 rings (SSSR count). The zero-order chi connectivity index (χ0) is 18.2. The van der Waals surface area contributed by atoms with Crippen LogP contribution in [0, 0.1) is 6.92 Å². The van der Waals surface area contributed by atoms with Gasteiger partial charge in [0, 0.05) is 10.4 Å². The summed E-state index contributed by atoms with van der Waals surface area (Å²) in [6.45, 7) is 1.87. The molecular formula is C16H18N4O4S. The summed E-state index contributed by atoms with van der Waals surface area (Å²) in [5.41, 5.74) is 9.47. The smallest absolute Gasteiger partial charge is 0.352 e. The Morgan fingerprint density at radius 3 is 2.40 bits per heavy atom. The van der Waals surface area contributed by atoms with Gasteiger partial charge >= 0.3 is 6.03 Å². The van der Waals surface area contributed by atoms with Gasteiger partial charge in [-0.3, -0.25) is 20.4 Å². The van der Waals surface area contributed by atoms with Crippen molar-refractivity contribution in [2.75, 3.05) is 7.11 Å². The van der Waals surface area contributed by atoms with Crippen LogP contribution in [0.4, 0.5) is 4.79 Å². The third-order valence-corrected chi connectivity index (χ3v) is 4.11. The van der Waals surface area contributed by atoms with E-state index in [0.29, 0.717) is 16.2 Å². The molecule has 0 spiro atoms. The fraction of sp³-hybridized carbons (Fsp3) is 0.188. The second-order valence-corrected chi connectivity index (χ2v) is 6.27. The highest BCUT2D eigenvalue weighted by Crippen LogP contribution is 2.17. The Hall–Kier alpha value is -3.07. The molecule has 1 heterocycles. The zero-order valence-electron chi connectivity index (χ0n) is 13.7. The Kier molecular flexibility index (Phi) is 6.35. The first kappa shape index (κ1) is 18.3. The standard InChI is InChI=1S/C16H18N4O4S/c1-10-7-8-13(25-10)15(22)18-20-16(23)19-17-14(21)9-11-5-3-4-6-12(11)24-2/h3-8H,9H2,1-2H3,(H,17,21)(H,18,22)(H2,19,20,23). The Morgan fingerprint density at radius 2 is 1.72 bits per heavy atom. The average Bonchev–Trinajstić information content (AvgIpc) is 3.05. The number of hydrogen-bond donors (Lipinski definition) is 4. The number of benzene rings is 1. The van der Waals surface area contributed by atoms with Crippen molar-refractivity contribution in [3.63, 3.8) is 0 Å². The van der Waals surface area contributed by atoms with Gasteiger partial charge in [0.2, 0.25) is 5.91 Å². The first-order valence-electron chi connectivity index (χ1n) is 7.33. The van der Waals surface area contributed by atoms with Crippen molar-refractivity contribution < 1.29 is 19.1 Å². The van der Waals surface area contributed by atoms with Crippen LogP contribution in [0.1, 0.15) is 20.1 Å². The number of rotatable bonds is 4. The number of carbonyl (C=O) groups excluding carboxylic acids is 3. The van der Waals surface area contributed by atoms with Crippen LogP contribution in [0.15, 0.2) is 36.4 Å². The van der Waals surface area contributed by atoms with Gasteiger partial charge in [-0.1, -0.05) is 18.2 Å². The Balaban J connectivity index is 1.74. The van der Waals surface area contributed by atoms with E-state index in [1.165, 1.54) is 18.4 Å². The second-order valence-electron chi connectivity index (χ2n) is 4.98. The number of carbonyl (C=O) groups is 3. The lowest BCUT2D eigenvalue weighted by Gasteiger charge is -2.11. The van der Waals surface area contributed by atoms with Crippen molar-refractivity contribution in [1.29, 1.82) is 0 Å². The summed E-state index contributed by atoms with van der Waals surface area (Å²) in [7, 11) is 1.51. The van der Waals surface area contributed by atoms with Gasteiger partial charge < -0.3 is 4.74 Å². The Bertz CT molecular complexity index is 775. The summed E-state index contributed by atoms with van der Waals surface area (Å²) >= 11 is 1.31. The summed E-state index contributed by atoms with van der Waals surface area (Å²) in [4.78, 5) is 36.7. The molecule has 0 atom stereocenters. The molecular weight excluding hydrogens is 344 g/mol. The molecule has 1 aromatic carbocycles. The summed E-state index contributed by atoms with van der Waals surface area (Å²) in [6, 6.07) is 9.76. The molecule has 8 nitrogen and oxygen atoms in total. The molecule has 0 saturated heterocycles. The highest BCUT2D eigenvalue weighted by molar-refractivity contribution is 7.13. The number of aryl methyl sites for hydroxylation is 1. The molecule has 0 unspecified atom stereocenters. The molecule has 0 radical (unpaired) electrons. The SMILES string of the molecule is COc1ccccc1CC(=O)NNC(=O)NNC(=O)c1ccc(C)s1. The third kappa shape index (κ3) is 5.50. The highest BCUT2D eigenvalue weighted by atomic mass is 32.1. The number of hydrazine groups is 2. The number of thiophene rings is 1. The molecule has 1 aromatic heterocycles. The minimum atomic E-state index is -0.769. The van der Waals surface area contributed by atoms with Gasteiger partial charge in [0.05, 0.1) is 18.4 Å². The van der Waals surface area contributed by atoms with Crippen LogP contribution in [0.25, 0.3) is 0 Å². The van der Waals surface area contributed by atoms with E-state index < -0.39 is 17.8 Å². The average molecular weight is 362 g/mol.